The third-order valence-corrected chi connectivity index (χ3v) is 8.69. The van der Waals surface area contributed by atoms with Crippen LogP contribution in [-0.4, -0.2) is 43.7 Å². The van der Waals surface area contributed by atoms with E-state index < -0.39 is 21.8 Å². The molecule has 1 saturated heterocycles. The maximum absolute atomic E-state index is 12.9. The van der Waals surface area contributed by atoms with Gasteiger partial charge in [-0.25, -0.2) is 8.42 Å². The first-order valence-corrected chi connectivity index (χ1v) is 12.3. The van der Waals surface area contributed by atoms with Gasteiger partial charge in [0.15, 0.2) is 0 Å². The van der Waals surface area contributed by atoms with Gasteiger partial charge in [0.05, 0.1) is 0 Å². The number of benzene rings is 1. The van der Waals surface area contributed by atoms with Crippen LogP contribution in [0.25, 0.3) is 0 Å². The van der Waals surface area contributed by atoms with E-state index in [4.69, 9.17) is 0 Å². The Balaban J connectivity index is 1.54. The fourth-order valence-corrected chi connectivity index (χ4v) is 6.39. The summed E-state index contributed by atoms with van der Waals surface area (Å²) >= 11 is 1.21. The van der Waals surface area contributed by atoms with Crippen molar-refractivity contribution in [2.75, 3.05) is 18.4 Å². The maximum Gasteiger partial charge on any atom is 0.313 e. The second-order valence-electron chi connectivity index (χ2n) is 7.50. The molecular formula is C21H27N3O4S2. The number of thiophene rings is 1. The Morgan fingerprint density at radius 1 is 1.13 bits per heavy atom. The van der Waals surface area contributed by atoms with E-state index in [9.17, 15) is 18.0 Å². The number of hydrogen-bond donors (Lipinski definition) is 2. The van der Waals surface area contributed by atoms with E-state index in [0.717, 1.165) is 30.4 Å². The standard InChI is InChI=1S/C21H27N3O4S2/c1-15-8-9-17(14-16(15)2)23-21(26)20(25)22-11-10-18-6-3-4-12-24(18)30(27,28)19-7-5-13-29-19/h5,7-9,13-14,18H,3-4,6,10-12H2,1-2H3,(H,22,25)(H,23,26)/t18-/m1/s1. The molecule has 1 aliphatic heterocycles. The molecule has 1 aliphatic rings. The molecule has 0 saturated carbocycles. The van der Waals surface area contributed by atoms with Crippen LogP contribution in [0, 0.1) is 13.8 Å². The molecule has 0 aliphatic carbocycles. The number of nitrogens with one attached hydrogen (secondary N) is 2. The highest BCUT2D eigenvalue weighted by Gasteiger charge is 2.33. The molecule has 0 radical (unpaired) electrons. The molecule has 9 heteroatoms. The van der Waals surface area contributed by atoms with Crippen molar-refractivity contribution in [3.63, 3.8) is 0 Å². The van der Waals surface area contributed by atoms with Crippen molar-refractivity contribution in [1.29, 1.82) is 0 Å². The number of carbonyl (C=O) groups is 2. The largest absolute Gasteiger partial charge is 0.348 e. The Morgan fingerprint density at radius 3 is 2.63 bits per heavy atom. The summed E-state index contributed by atoms with van der Waals surface area (Å²) in [7, 11) is -3.52. The summed E-state index contributed by atoms with van der Waals surface area (Å²) in [5.74, 6) is -1.46. The Bertz CT molecular complexity index is 1000. The van der Waals surface area contributed by atoms with Crippen LogP contribution in [0.1, 0.15) is 36.8 Å². The molecule has 0 bridgehead atoms. The lowest BCUT2D eigenvalue weighted by molar-refractivity contribution is -0.136. The van der Waals surface area contributed by atoms with Crippen molar-refractivity contribution >= 4 is 38.9 Å². The summed E-state index contributed by atoms with van der Waals surface area (Å²) < 4.78 is 27.7. The predicted octanol–water partition coefficient (Wildman–Crippen LogP) is 3.05. The minimum Gasteiger partial charge on any atom is -0.348 e. The van der Waals surface area contributed by atoms with Gasteiger partial charge < -0.3 is 10.6 Å². The Kier molecular flexibility index (Phi) is 7.27. The number of anilines is 1. The van der Waals surface area contributed by atoms with E-state index in [1.807, 2.05) is 26.0 Å². The van der Waals surface area contributed by atoms with Gasteiger partial charge in [-0.05, 0) is 67.8 Å². The predicted molar refractivity (Wildman–Crippen MR) is 118 cm³/mol. The average Bonchev–Trinajstić information content (AvgIpc) is 3.27. The molecule has 2 heterocycles. The van der Waals surface area contributed by atoms with Crippen LogP contribution in [0.5, 0.6) is 0 Å². The van der Waals surface area contributed by atoms with Gasteiger partial charge in [-0.1, -0.05) is 18.6 Å². The van der Waals surface area contributed by atoms with Crippen molar-refractivity contribution in [2.45, 2.75) is 49.8 Å². The van der Waals surface area contributed by atoms with Crippen LogP contribution in [-0.2, 0) is 19.6 Å². The number of carbonyl (C=O) groups excluding carboxylic acids is 2. The fourth-order valence-electron chi connectivity index (χ4n) is 3.54. The van der Waals surface area contributed by atoms with Crippen molar-refractivity contribution < 1.29 is 18.0 Å². The van der Waals surface area contributed by atoms with Crippen LogP contribution in [0.2, 0.25) is 0 Å². The van der Waals surface area contributed by atoms with Gasteiger partial charge in [0.1, 0.15) is 4.21 Å². The molecule has 1 aromatic heterocycles. The molecule has 1 fully saturated rings. The summed E-state index contributed by atoms with van der Waals surface area (Å²) in [6.07, 6.45) is 2.98. The minimum atomic E-state index is -3.52. The van der Waals surface area contributed by atoms with Crippen molar-refractivity contribution in [1.82, 2.24) is 9.62 Å². The smallest absolute Gasteiger partial charge is 0.313 e. The normalized spacial score (nSPS) is 17.5. The molecule has 1 aromatic carbocycles. The third-order valence-electron chi connectivity index (χ3n) is 5.37. The molecule has 1 atom stereocenters. The van der Waals surface area contributed by atoms with Gasteiger partial charge in [0.25, 0.3) is 10.0 Å². The van der Waals surface area contributed by atoms with Gasteiger partial charge >= 0.3 is 11.8 Å². The summed E-state index contributed by atoms with van der Waals surface area (Å²) in [6.45, 7) is 4.62. The number of hydrogen-bond acceptors (Lipinski definition) is 5. The number of amides is 2. The van der Waals surface area contributed by atoms with E-state index >= 15 is 0 Å². The zero-order chi connectivity index (χ0) is 21.7. The maximum atomic E-state index is 12.9. The van der Waals surface area contributed by atoms with Crippen molar-refractivity contribution in [3.8, 4) is 0 Å². The molecule has 2 aromatic rings. The topological polar surface area (TPSA) is 95.6 Å². The highest BCUT2D eigenvalue weighted by atomic mass is 32.2. The molecule has 2 amide bonds. The van der Waals surface area contributed by atoms with Gasteiger partial charge in [-0.3, -0.25) is 9.59 Å². The lowest BCUT2D eigenvalue weighted by Crippen LogP contribution is -2.45. The van der Waals surface area contributed by atoms with Crippen molar-refractivity contribution in [2.24, 2.45) is 0 Å². The summed E-state index contributed by atoms with van der Waals surface area (Å²) in [5.41, 5.74) is 2.70. The fraction of sp³-hybridized carbons (Fsp3) is 0.429. The highest BCUT2D eigenvalue weighted by molar-refractivity contribution is 7.91. The van der Waals surface area contributed by atoms with Gasteiger partial charge in [0, 0.05) is 24.8 Å². The Hall–Kier alpha value is -2.23. The van der Waals surface area contributed by atoms with E-state index in [-0.39, 0.29) is 12.6 Å². The molecule has 30 heavy (non-hydrogen) atoms. The van der Waals surface area contributed by atoms with E-state index in [1.165, 1.54) is 11.3 Å². The van der Waals surface area contributed by atoms with Crippen LogP contribution in [0.15, 0.2) is 39.9 Å². The molecular weight excluding hydrogens is 422 g/mol. The zero-order valence-electron chi connectivity index (χ0n) is 17.2. The summed E-state index contributed by atoms with van der Waals surface area (Å²) in [4.78, 5) is 24.3. The molecule has 7 nitrogen and oxygen atoms in total. The molecule has 0 spiro atoms. The number of aryl methyl sites for hydroxylation is 2. The van der Waals surface area contributed by atoms with E-state index in [0.29, 0.717) is 22.9 Å². The second kappa shape index (κ2) is 9.72. The third kappa shape index (κ3) is 5.27. The lowest BCUT2D eigenvalue weighted by Gasteiger charge is -2.34. The summed E-state index contributed by atoms with van der Waals surface area (Å²) in [5, 5.41) is 6.96. The molecule has 3 rings (SSSR count). The first-order valence-electron chi connectivity index (χ1n) is 10.0. The molecule has 0 unspecified atom stereocenters. The van der Waals surface area contributed by atoms with Crippen LogP contribution >= 0.6 is 11.3 Å². The Labute approximate surface area is 181 Å². The quantitative estimate of drug-likeness (QED) is 0.663. The van der Waals surface area contributed by atoms with Crippen LogP contribution in [0.4, 0.5) is 5.69 Å². The van der Waals surface area contributed by atoms with Gasteiger partial charge in [0.2, 0.25) is 0 Å². The van der Waals surface area contributed by atoms with Gasteiger partial charge in [-0.15, -0.1) is 11.3 Å². The monoisotopic (exact) mass is 449 g/mol. The number of piperidine rings is 1. The minimum absolute atomic E-state index is 0.186. The number of rotatable bonds is 6. The van der Waals surface area contributed by atoms with Crippen LogP contribution in [0.3, 0.4) is 0 Å². The zero-order valence-corrected chi connectivity index (χ0v) is 18.8. The highest BCUT2D eigenvalue weighted by Crippen LogP contribution is 2.29. The van der Waals surface area contributed by atoms with E-state index in [1.54, 1.807) is 27.9 Å². The molecule has 2 N–H and O–H groups in total. The SMILES string of the molecule is Cc1ccc(NC(=O)C(=O)NCC[C@H]2CCCCN2S(=O)(=O)c2cccs2)cc1C. The van der Waals surface area contributed by atoms with Gasteiger partial charge in [-0.2, -0.15) is 4.31 Å². The first kappa shape index (κ1) is 22.5. The molecule has 162 valence electrons. The average molecular weight is 450 g/mol. The lowest BCUT2D eigenvalue weighted by atomic mass is 10.0. The number of sulfonamides is 1. The second-order valence-corrected chi connectivity index (χ2v) is 10.6. The van der Waals surface area contributed by atoms with Crippen LogP contribution < -0.4 is 10.6 Å². The Morgan fingerprint density at radius 2 is 1.93 bits per heavy atom. The summed E-state index contributed by atoms with van der Waals surface area (Å²) in [6, 6.07) is 8.61. The number of nitrogens with zero attached hydrogens (tertiary/aromatic N) is 1. The first-order chi connectivity index (χ1) is 14.3. The van der Waals surface area contributed by atoms with E-state index in [2.05, 4.69) is 10.6 Å². The van der Waals surface area contributed by atoms with Crippen molar-refractivity contribution in [3.05, 3.63) is 46.8 Å².